The van der Waals surface area contributed by atoms with Gasteiger partial charge in [0, 0.05) is 12.8 Å². The number of esters is 2. The lowest BCUT2D eigenvalue weighted by atomic mass is 10.1. The van der Waals surface area contributed by atoms with Gasteiger partial charge >= 0.3 is 11.9 Å². The van der Waals surface area contributed by atoms with Gasteiger partial charge in [-0.3, -0.25) is 9.59 Å². The molecule has 35 heavy (non-hydrogen) atoms. The van der Waals surface area contributed by atoms with Crippen molar-refractivity contribution in [2.75, 3.05) is 13.2 Å². The molecule has 0 saturated carbocycles. The molecule has 0 aliphatic rings. The summed E-state index contributed by atoms with van der Waals surface area (Å²) in [7, 11) is 0. The van der Waals surface area contributed by atoms with Gasteiger partial charge in [-0.05, 0) is 38.5 Å². The van der Waals surface area contributed by atoms with Crippen molar-refractivity contribution in [1.82, 2.24) is 0 Å². The Balaban J connectivity index is 3.44. The molecule has 1 unspecified atom stereocenters. The van der Waals surface area contributed by atoms with E-state index in [-0.39, 0.29) is 25.2 Å². The molecular formula is C30H56O5. The summed E-state index contributed by atoms with van der Waals surface area (Å²) < 4.78 is 10.3. The Morgan fingerprint density at radius 1 is 0.629 bits per heavy atom. The fourth-order valence-electron chi connectivity index (χ4n) is 4.00. The Morgan fingerprint density at radius 3 is 1.60 bits per heavy atom. The Labute approximate surface area is 216 Å². The van der Waals surface area contributed by atoms with Crippen molar-refractivity contribution in [3.8, 4) is 0 Å². The highest BCUT2D eigenvalue weighted by Crippen LogP contribution is 2.13. The summed E-state index contributed by atoms with van der Waals surface area (Å²) in [6.45, 7) is 3.87. The fourth-order valence-corrected chi connectivity index (χ4v) is 4.00. The average Bonchev–Trinajstić information content (AvgIpc) is 2.86. The molecule has 1 atom stereocenters. The average molecular weight is 497 g/mol. The second-order valence-electron chi connectivity index (χ2n) is 9.83. The van der Waals surface area contributed by atoms with E-state index in [2.05, 4.69) is 19.1 Å². The normalized spacial score (nSPS) is 12.2. The van der Waals surface area contributed by atoms with E-state index in [0.717, 1.165) is 32.1 Å². The van der Waals surface area contributed by atoms with Crippen LogP contribution in [0.3, 0.4) is 0 Å². The van der Waals surface area contributed by atoms with E-state index in [4.69, 9.17) is 9.47 Å². The van der Waals surface area contributed by atoms with Gasteiger partial charge in [-0.1, -0.05) is 109 Å². The van der Waals surface area contributed by atoms with Crippen molar-refractivity contribution in [3.05, 3.63) is 12.2 Å². The molecule has 0 saturated heterocycles. The summed E-state index contributed by atoms with van der Waals surface area (Å²) in [5.41, 5.74) is 0. The topological polar surface area (TPSA) is 72.8 Å². The molecule has 0 spiro atoms. The fraction of sp³-hybridized carbons (Fsp3) is 0.867. The van der Waals surface area contributed by atoms with Crippen LogP contribution in [-0.2, 0) is 19.1 Å². The minimum absolute atomic E-state index is 0.0692. The van der Waals surface area contributed by atoms with Crippen molar-refractivity contribution in [1.29, 1.82) is 0 Å². The van der Waals surface area contributed by atoms with Crippen LogP contribution in [0.2, 0.25) is 0 Å². The zero-order chi connectivity index (χ0) is 25.8. The van der Waals surface area contributed by atoms with E-state index in [1.165, 1.54) is 89.9 Å². The van der Waals surface area contributed by atoms with Gasteiger partial charge in [0.15, 0.2) is 6.10 Å². The van der Waals surface area contributed by atoms with Crippen LogP contribution < -0.4 is 0 Å². The second kappa shape index (κ2) is 27.2. The molecule has 0 aliphatic heterocycles. The smallest absolute Gasteiger partial charge is 0.306 e. The maximum Gasteiger partial charge on any atom is 0.306 e. The van der Waals surface area contributed by atoms with Gasteiger partial charge in [0.05, 0.1) is 6.61 Å². The molecule has 1 N–H and O–H groups in total. The maximum atomic E-state index is 11.9. The summed E-state index contributed by atoms with van der Waals surface area (Å²) in [5, 5.41) is 9.33. The summed E-state index contributed by atoms with van der Waals surface area (Å²) in [6, 6.07) is 0. The number of rotatable bonds is 26. The molecule has 0 aromatic heterocycles. The predicted molar refractivity (Wildman–Crippen MR) is 145 cm³/mol. The third-order valence-electron chi connectivity index (χ3n) is 6.31. The number of allylic oxidation sites excluding steroid dienone is 2. The van der Waals surface area contributed by atoms with Crippen molar-refractivity contribution in [2.24, 2.45) is 0 Å². The Kier molecular flexibility index (Phi) is 26.2. The lowest BCUT2D eigenvalue weighted by Gasteiger charge is -2.15. The Morgan fingerprint density at radius 2 is 1.09 bits per heavy atom. The van der Waals surface area contributed by atoms with Crippen LogP contribution in [0.25, 0.3) is 0 Å². The molecule has 206 valence electrons. The number of hydrogen-bond acceptors (Lipinski definition) is 5. The second-order valence-corrected chi connectivity index (χ2v) is 9.83. The highest BCUT2D eigenvalue weighted by molar-refractivity contribution is 5.70. The lowest BCUT2D eigenvalue weighted by molar-refractivity contribution is -0.161. The van der Waals surface area contributed by atoms with Gasteiger partial charge in [-0.25, -0.2) is 0 Å². The van der Waals surface area contributed by atoms with Crippen molar-refractivity contribution >= 4 is 11.9 Å². The van der Waals surface area contributed by atoms with E-state index in [0.29, 0.717) is 12.8 Å². The minimum atomic E-state index is -0.760. The number of hydrogen-bond donors (Lipinski definition) is 1. The van der Waals surface area contributed by atoms with Crippen molar-refractivity contribution < 1.29 is 24.2 Å². The molecule has 5 nitrogen and oxygen atoms in total. The molecule has 0 aliphatic carbocycles. The van der Waals surface area contributed by atoms with E-state index >= 15 is 0 Å². The lowest BCUT2D eigenvalue weighted by Crippen LogP contribution is -2.28. The standard InChI is InChI=1S/C30H56O5/c1-3-5-7-8-9-10-11-12-13-14-15-16-17-18-19-20-21-22-23-25-30(33)35-28(26-31)27-34-29(32)24-6-4-2/h12-13,28,31H,3-11,14-27H2,1-2H3/b13-12-. The van der Waals surface area contributed by atoms with Crippen LogP contribution in [0.15, 0.2) is 12.2 Å². The molecule has 5 heteroatoms. The van der Waals surface area contributed by atoms with E-state index in [9.17, 15) is 14.7 Å². The molecule has 0 aromatic rings. The van der Waals surface area contributed by atoms with Crippen LogP contribution in [0.4, 0.5) is 0 Å². The van der Waals surface area contributed by atoms with Gasteiger partial charge in [-0.2, -0.15) is 0 Å². The van der Waals surface area contributed by atoms with Gasteiger partial charge in [0.2, 0.25) is 0 Å². The SMILES string of the molecule is CCCCCCCC/C=C\CCCCCCCCCCCC(=O)OC(CO)COC(=O)CCCC. The van der Waals surface area contributed by atoms with Crippen LogP contribution >= 0.6 is 0 Å². The number of aliphatic hydroxyl groups excluding tert-OH is 1. The first-order valence-corrected chi connectivity index (χ1v) is 14.7. The molecule has 0 bridgehead atoms. The first kappa shape index (κ1) is 33.6. The van der Waals surface area contributed by atoms with Crippen molar-refractivity contribution in [2.45, 2.75) is 155 Å². The first-order chi connectivity index (χ1) is 17.1. The van der Waals surface area contributed by atoms with Gasteiger partial charge in [0.1, 0.15) is 6.61 Å². The third-order valence-corrected chi connectivity index (χ3v) is 6.31. The zero-order valence-electron chi connectivity index (χ0n) is 23.1. The number of unbranched alkanes of at least 4 members (excludes halogenated alkanes) is 16. The Hall–Kier alpha value is -1.36. The highest BCUT2D eigenvalue weighted by atomic mass is 16.6. The summed E-state index contributed by atoms with van der Waals surface area (Å²) >= 11 is 0. The third kappa shape index (κ3) is 25.5. The summed E-state index contributed by atoms with van der Waals surface area (Å²) in [4.78, 5) is 23.5. The highest BCUT2D eigenvalue weighted by Gasteiger charge is 2.15. The zero-order valence-corrected chi connectivity index (χ0v) is 23.1. The molecule has 0 aromatic carbocycles. The quantitative estimate of drug-likeness (QED) is 0.0741. The van der Waals surface area contributed by atoms with E-state index < -0.39 is 6.10 Å². The van der Waals surface area contributed by atoms with Crippen LogP contribution in [0.5, 0.6) is 0 Å². The first-order valence-electron chi connectivity index (χ1n) is 14.7. The molecule has 0 radical (unpaired) electrons. The van der Waals surface area contributed by atoms with Gasteiger partial charge in [0.25, 0.3) is 0 Å². The number of carbonyl (C=O) groups excluding carboxylic acids is 2. The number of carbonyl (C=O) groups is 2. The predicted octanol–water partition coefficient (Wildman–Crippen LogP) is 8.22. The Bertz CT molecular complexity index is 503. The largest absolute Gasteiger partial charge is 0.462 e. The maximum absolute atomic E-state index is 11.9. The van der Waals surface area contributed by atoms with Gasteiger partial charge < -0.3 is 14.6 Å². The van der Waals surface area contributed by atoms with Gasteiger partial charge in [-0.15, -0.1) is 0 Å². The number of aliphatic hydroxyl groups is 1. The van der Waals surface area contributed by atoms with Crippen molar-refractivity contribution in [3.63, 3.8) is 0 Å². The molecule has 0 fully saturated rings. The molecule has 0 amide bonds. The van der Waals surface area contributed by atoms with E-state index in [1.54, 1.807) is 0 Å². The number of ether oxygens (including phenoxy) is 2. The molecular weight excluding hydrogens is 440 g/mol. The monoisotopic (exact) mass is 496 g/mol. The van der Waals surface area contributed by atoms with Crippen LogP contribution in [0, 0.1) is 0 Å². The summed E-state index contributed by atoms with van der Waals surface area (Å²) in [5.74, 6) is -0.633. The minimum Gasteiger partial charge on any atom is -0.462 e. The van der Waals surface area contributed by atoms with Crippen LogP contribution in [-0.4, -0.2) is 36.4 Å². The molecule has 0 heterocycles. The molecule has 0 rings (SSSR count). The van der Waals surface area contributed by atoms with E-state index in [1.807, 2.05) is 6.92 Å². The summed E-state index contributed by atoms with van der Waals surface area (Å²) in [6.07, 6.45) is 27.9. The van der Waals surface area contributed by atoms with Crippen LogP contribution in [0.1, 0.15) is 149 Å².